The second kappa shape index (κ2) is 8.43. The number of methoxy groups -OCH3 is 1. The van der Waals surface area contributed by atoms with Crippen molar-refractivity contribution >= 4 is 17.8 Å². The van der Waals surface area contributed by atoms with Gasteiger partial charge in [-0.25, -0.2) is 4.79 Å². The maximum absolute atomic E-state index is 13.2. The first-order chi connectivity index (χ1) is 13.8. The number of hydrogen-bond donors (Lipinski definition) is 2. The van der Waals surface area contributed by atoms with Gasteiger partial charge in [-0.15, -0.1) is 0 Å². The molecule has 7 heteroatoms. The van der Waals surface area contributed by atoms with E-state index in [1.165, 1.54) is 6.42 Å². The second-order valence-electron chi connectivity index (χ2n) is 8.25. The van der Waals surface area contributed by atoms with Crippen LogP contribution in [0.2, 0.25) is 0 Å². The van der Waals surface area contributed by atoms with Gasteiger partial charge in [-0.2, -0.15) is 0 Å². The zero-order valence-electron chi connectivity index (χ0n) is 17.7. The third-order valence-corrected chi connectivity index (χ3v) is 6.64. The lowest BCUT2D eigenvalue weighted by molar-refractivity contribution is -0.135. The molecule has 2 N–H and O–H groups in total. The lowest BCUT2D eigenvalue weighted by Gasteiger charge is -2.34. The van der Waals surface area contributed by atoms with Crippen molar-refractivity contribution in [2.45, 2.75) is 58.0 Å². The fourth-order valence-corrected chi connectivity index (χ4v) is 4.47. The Morgan fingerprint density at radius 1 is 1.24 bits per heavy atom. The van der Waals surface area contributed by atoms with Crippen LogP contribution in [0.15, 0.2) is 24.3 Å². The molecular formula is C22H31N3O4. The molecule has 0 spiro atoms. The van der Waals surface area contributed by atoms with E-state index in [1.54, 1.807) is 31.4 Å². The first-order valence-electron chi connectivity index (χ1n) is 10.4. The molecular weight excluding hydrogens is 370 g/mol. The highest BCUT2D eigenvalue weighted by Gasteiger charge is 2.51. The Hall–Kier alpha value is -2.57. The van der Waals surface area contributed by atoms with Crippen molar-refractivity contribution in [1.29, 1.82) is 0 Å². The van der Waals surface area contributed by atoms with Crippen LogP contribution in [0.4, 0.5) is 4.79 Å². The highest BCUT2D eigenvalue weighted by atomic mass is 16.5. The van der Waals surface area contributed by atoms with Crippen LogP contribution >= 0.6 is 0 Å². The average Bonchev–Trinajstić information content (AvgIpc) is 2.96. The summed E-state index contributed by atoms with van der Waals surface area (Å²) < 4.78 is 5.17. The summed E-state index contributed by atoms with van der Waals surface area (Å²) in [5, 5.41) is 5.85. The number of urea groups is 1. The highest BCUT2D eigenvalue weighted by molar-refractivity contribution is 6.09. The lowest BCUT2D eigenvalue weighted by atomic mass is 9.78. The van der Waals surface area contributed by atoms with Crippen LogP contribution in [0.3, 0.4) is 0 Å². The molecule has 1 aromatic rings. The molecule has 1 saturated carbocycles. The molecule has 2 fully saturated rings. The minimum atomic E-state index is -1.16. The van der Waals surface area contributed by atoms with Gasteiger partial charge in [-0.05, 0) is 42.4 Å². The van der Waals surface area contributed by atoms with E-state index in [2.05, 4.69) is 24.5 Å². The van der Waals surface area contributed by atoms with Gasteiger partial charge in [0.05, 0.1) is 7.11 Å². The van der Waals surface area contributed by atoms with Crippen molar-refractivity contribution in [1.82, 2.24) is 15.5 Å². The maximum atomic E-state index is 13.2. The molecule has 29 heavy (non-hydrogen) atoms. The fraction of sp³-hybridized carbons (Fsp3) is 0.591. The van der Waals surface area contributed by atoms with Gasteiger partial charge in [0.2, 0.25) is 5.91 Å². The van der Waals surface area contributed by atoms with E-state index >= 15 is 0 Å². The molecule has 1 aliphatic heterocycles. The van der Waals surface area contributed by atoms with E-state index in [-0.39, 0.29) is 18.5 Å². The fourth-order valence-electron chi connectivity index (χ4n) is 4.47. The first-order valence-corrected chi connectivity index (χ1v) is 10.4. The predicted octanol–water partition coefficient (Wildman–Crippen LogP) is 2.79. The topological polar surface area (TPSA) is 87.7 Å². The van der Waals surface area contributed by atoms with Gasteiger partial charge in [0, 0.05) is 6.04 Å². The van der Waals surface area contributed by atoms with Crippen molar-refractivity contribution < 1.29 is 19.1 Å². The van der Waals surface area contributed by atoms with Crippen LogP contribution in [0, 0.1) is 11.8 Å². The molecule has 2 aliphatic rings. The van der Waals surface area contributed by atoms with E-state index in [0.717, 1.165) is 17.7 Å². The van der Waals surface area contributed by atoms with Gasteiger partial charge in [-0.1, -0.05) is 45.7 Å². The molecule has 7 nitrogen and oxygen atoms in total. The normalized spacial score (nSPS) is 29.5. The Balaban J connectivity index is 1.72. The summed E-state index contributed by atoms with van der Waals surface area (Å²) in [4.78, 5) is 39.4. The van der Waals surface area contributed by atoms with Gasteiger partial charge >= 0.3 is 6.03 Å². The highest BCUT2D eigenvalue weighted by Crippen LogP contribution is 2.33. The summed E-state index contributed by atoms with van der Waals surface area (Å²) in [6, 6.07) is 6.61. The zero-order valence-corrected chi connectivity index (χ0v) is 17.7. The summed E-state index contributed by atoms with van der Waals surface area (Å²) in [6.07, 6.45) is 3.57. The summed E-state index contributed by atoms with van der Waals surface area (Å²) in [5.41, 5.74) is -0.479. The number of imide groups is 1. The van der Waals surface area contributed by atoms with Gasteiger partial charge < -0.3 is 15.4 Å². The minimum Gasteiger partial charge on any atom is -0.497 e. The number of nitrogens with one attached hydrogen (secondary N) is 2. The number of carbonyl (C=O) groups is 3. The Morgan fingerprint density at radius 2 is 1.93 bits per heavy atom. The van der Waals surface area contributed by atoms with Crippen molar-refractivity contribution in [2.24, 2.45) is 11.8 Å². The molecule has 0 aromatic heterocycles. The van der Waals surface area contributed by atoms with Crippen molar-refractivity contribution in [3.8, 4) is 5.75 Å². The van der Waals surface area contributed by atoms with E-state index < -0.39 is 17.5 Å². The van der Waals surface area contributed by atoms with Crippen molar-refractivity contribution in [2.75, 3.05) is 13.7 Å². The van der Waals surface area contributed by atoms with E-state index in [1.807, 2.05) is 6.92 Å². The minimum absolute atomic E-state index is 0.0875. The molecule has 4 unspecified atom stereocenters. The van der Waals surface area contributed by atoms with Crippen molar-refractivity contribution in [3.05, 3.63) is 29.8 Å². The summed E-state index contributed by atoms with van der Waals surface area (Å²) in [5.74, 6) is 0.915. The maximum Gasteiger partial charge on any atom is 0.325 e. The van der Waals surface area contributed by atoms with Crippen LogP contribution in [0.25, 0.3) is 0 Å². The molecule has 1 aliphatic carbocycles. The van der Waals surface area contributed by atoms with Crippen LogP contribution in [-0.4, -0.2) is 42.4 Å². The van der Waals surface area contributed by atoms with Crippen LogP contribution < -0.4 is 15.4 Å². The molecule has 0 radical (unpaired) electrons. The van der Waals surface area contributed by atoms with Gasteiger partial charge in [-0.3, -0.25) is 14.5 Å². The Bertz CT molecular complexity index is 779. The molecule has 1 aromatic carbocycles. The monoisotopic (exact) mass is 401 g/mol. The molecule has 3 rings (SSSR count). The standard InChI is InChI=1S/C22H31N3O4/c1-5-22(16-9-11-17(29-4)12-10-16)20(27)25(21(28)24-22)13-19(26)23-18-8-6-7-14(2)15(18)3/h9-12,14-15,18H,5-8,13H2,1-4H3,(H,23,26)(H,24,28). The number of benzene rings is 1. The van der Waals surface area contributed by atoms with Crippen LogP contribution in [0.1, 0.15) is 52.0 Å². The molecule has 4 atom stereocenters. The largest absolute Gasteiger partial charge is 0.497 e. The molecule has 0 bridgehead atoms. The number of hydrogen-bond acceptors (Lipinski definition) is 4. The number of ether oxygens (including phenoxy) is 1. The average molecular weight is 402 g/mol. The number of carbonyl (C=O) groups excluding carboxylic acids is 3. The predicted molar refractivity (Wildman–Crippen MR) is 109 cm³/mol. The number of rotatable bonds is 6. The third kappa shape index (κ3) is 3.95. The summed E-state index contributed by atoms with van der Waals surface area (Å²) >= 11 is 0. The van der Waals surface area contributed by atoms with Crippen LogP contribution in [0.5, 0.6) is 5.75 Å². The Labute approximate surface area is 172 Å². The van der Waals surface area contributed by atoms with Gasteiger partial charge in [0.1, 0.15) is 17.8 Å². The van der Waals surface area contributed by atoms with Gasteiger partial charge in [0.15, 0.2) is 0 Å². The third-order valence-electron chi connectivity index (χ3n) is 6.64. The summed E-state index contributed by atoms with van der Waals surface area (Å²) in [7, 11) is 1.57. The number of amides is 4. The van der Waals surface area contributed by atoms with E-state index in [9.17, 15) is 14.4 Å². The Kier molecular flexibility index (Phi) is 6.15. The molecule has 4 amide bonds. The van der Waals surface area contributed by atoms with Crippen LogP contribution in [-0.2, 0) is 15.1 Å². The molecule has 1 heterocycles. The van der Waals surface area contributed by atoms with Gasteiger partial charge in [0.25, 0.3) is 5.91 Å². The van der Waals surface area contributed by atoms with E-state index in [4.69, 9.17) is 4.74 Å². The lowest BCUT2D eigenvalue weighted by Crippen LogP contribution is -2.49. The van der Waals surface area contributed by atoms with E-state index in [0.29, 0.717) is 29.6 Å². The van der Waals surface area contributed by atoms with Crippen molar-refractivity contribution in [3.63, 3.8) is 0 Å². The summed E-state index contributed by atoms with van der Waals surface area (Å²) in [6.45, 7) is 5.93. The smallest absolute Gasteiger partial charge is 0.325 e. The quantitative estimate of drug-likeness (QED) is 0.718. The SMILES string of the molecule is CCC1(c2ccc(OC)cc2)NC(=O)N(CC(=O)NC2CCCC(C)C2C)C1=O. The number of nitrogens with zero attached hydrogens (tertiary/aromatic N) is 1. The Morgan fingerprint density at radius 3 is 2.55 bits per heavy atom. The second-order valence-corrected chi connectivity index (χ2v) is 8.25. The zero-order chi connectivity index (χ0) is 21.2. The first kappa shape index (κ1) is 21.1. The molecule has 158 valence electrons. The molecule has 1 saturated heterocycles.